The molecule has 182 valence electrons. The van der Waals surface area contributed by atoms with E-state index >= 15 is 0 Å². The third kappa shape index (κ3) is 3.76. The molecule has 2 N–H and O–H groups in total. The Morgan fingerprint density at radius 2 is 1.22 bits per heavy atom. The van der Waals surface area contributed by atoms with E-state index in [0.717, 1.165) is 43.4 Å². The molecular weight excluding hydrogens is 409 g/mol. The first-order valence-electron chi connectivity index (χ1n) is 14.0. The molecule has 2 nitrogen and oxygen atoms in total. The van der Waals surface area contributed by atoms with Crippen molar-refractivity contribution in [1.82, 2.24) is 10.6 Å². The largest absolute Gasteiger partial charge is 0.394 e. The molecule has 0 aromatic heterocycles. The summed E-state index contributed by atoms with van der Waals surface area (Å²) in [6.45, 7) is 2.38. The van der Waals surface area contributed by atoms with E-state index in [2.05, 4.69) is 17.6 Å². The molecular formula is C27H43F3N2. The van der Waals surface area contributed by atoms with Crippen molar-refractivity contribution in [3.63, 3.8) is 0 Å². The van der Waals surface area contributed by atoms with E-state index in [0.29, 0.717) is 35.8 Å². The molecule has 4 saturated carbocycles. The Hall–Kier alpha value is -0.290. The van der Waals surface area contributed by atoms with Crippen molar-refractivity contribution < 1.29 is 13.2 Å². The fourth-order valence-corrected chi connectivity index (χ4v) is 10.00. The molecule has 2 heterocycles. The molecule has 6 aliphatic rings. The minimum absolute atomic E-state index is 0.331. The summed E-state index contributed by atoms with van der Waals surface area (Å²) in [7, 11) is 0. The van der Waals surface area contributed by atoms with Crippen LogP contribution < -0.4 is 10.6 Å². The summed E-state index contributed by atoms with van der Waals surface area (Å²) in [5.41, 5.74) is 0. The summed E-state index contributed by atoms with van der Waals surface area (Å²) in [6, 6.07) is -0.0981. The van der Waals surface area contributed by atoms with Gasteiger partial charge >= 0.3 is 6.18 Å². The summed E-state index contributed by atoms with van der Waals surface area (Å²) in [6.07, 6.45) is 11.1. The first kappa shape index (κ1) is 22.2. The van der Waals surface area contributed by atoms with Crippen LogP contribution in [-0.4, -0.2) is 30.3 Å². The Kier molecular flexibility index (Phi) is 5.85. The van der Waals surface area contributed by atoms with Crippen LogP contribution in [0.15, 0.2) is 0 Å². The lowest BCUT2D eigenvalue weighted by molar-refractivity contribution is -0.189. The van der Waals surface area contributed by atoms with Crippen LogP contribution in [0.4, 0.5) is 13.2 Å². The lowest BCUT2D eigenvalue weighted by Gasteiger charge is -2.46. The average molecular weight is 453 g/mol. The second kappa shape index (κ2) is 8.43. The molecule has 0 spiro atoms. The van der Waals surface area contributed by atoms with E-state index in [4.69, 9.17) is 0 Å². The highest BCUT2D eigenvalue weighted by molar-refractivity contribution is 5.09. The zero-order chi connectivity index (χ0) is 22.0. The van der Waals surface area contributed by atoms with Crippen molar-refractivity contribution in [3.05, 3.63) is 0 Å². The molecule has 0 amide bonds. The molecule has 2 saturated heterocycles. The molecule has 0 bridgehead atoms. The van der Waals surface area contributed by atoms with Crippen LogP contribution in [0, 0.1) is 47.3 Å². The number of hydrogen-bond acceptors (Lipinski definition) is 2. The van der Waals surface area contributed by atoms with Gasteiger partial charge in [-0.25, -0.2) is 0 Å². The van der Waals surface area contributed by atoms with Gasteiger partial charge in [-0.1, -0.05) is 39.0 Å². The normalized spacial score (nSPS) is 51.9. The topological polar surface area (TPSA) is 24.1 Å². The molecule has 0 aromatic rings. The number of halogens is 3. The predicted octanol–water partition coefficient (Wildman–Crippen LogP) is 6.30. The molecule has 4 aliphatic carbocycles. The average Bonchev–Trinajstić information content (AvgIpc) is 3.37. The molecule has 6 fully saturated rings. The van der Waals surface area contributed by atoms with Crippen molar-refractivity contribution >= 4 is 0 Å². The third-order valence-electron chi connectivity index (χ3n) is 11.3. The smallest absolute Gasteiger partial charge is 0.310 e. The highest BCUT2D eigenvalue weighted by Crippen LogP contribution is 2.53. The molecule has 6 rings (SSSR count). The molecule has 5 heteroatoms. The fraction of sp³-hybridized carbons (Fsp3) is 1.00. The zero-order valence-corrected chi connectivity index (χ0v) is 19.8. The Morgan fingerprint density at radius 1 is 0.625 bits per heavy atom. The number of hydrogen-bond donors (Lipinski definition) is 2. The van der Waals surface area contributed by atoms with Gasteiger partial charge in [-0.3, -0.25) is 0 Å². The Bertz CT molecular complexity index is 680. The van der Waals surface area contributed by atoms with Crippen LogP contribution >= 0.6 is 0 Å². The van der Waals surface area contributed by atoms with Crippen LogP contribution in [0.1, 0.15) is 90.4 Å². The first-order chi connectivity index (χ1) is 15.4. The van der Waals surface area contributed by atoms with Gasteiger partial charge in [0.2, 0.25) is 0 Å². The second-order valence-electron chi connectivity index (χ2n) is 12.8. The quantitative estimate of drug-likeness (QED) is 0.513. The highest BCUT2D eigenvalue weighted by atomic mass is 19.4. The Labute approximate surface area is 192 Å². The highest BCUT2D eigenvalue weighted by Gasteiger charge is 2.58. The number of rotatable bonds is 2. The summed E-state index contributed by atoms with van der Waals surface area (Å²) < 4.78 is 43.9. The maximum atomic E-state index is 14.6. The monoisotopic (exact) mass is 452 g/mol. The van der Waals surface area contributed by atoms with E-state index in [1.165, 1.54) is 57.8 Å². The van der Waals surface area contributed by atoms with Gasteiger partial charge in [0.1, 0.15) is 0 Å². The SMILES string of the molecule is CC1CCCC2C1CCC1CC(C(C3CC4CCC5CCCCC5C4N3)C(F)(F)F)NC12. The summed E-state index contributed by atoms with van der Waals surface area (Å²) in [5, 5.41) is 7.33. The van der Waals surface area contributed by atoms with Gasteiger partial charge in [0.05, 0.1) is 5.92 Å². The summed E-state index contributed by atoms with van der Waals surface area (Å²) in [4.78, 5) is 0. The van der Waals surface area contributed by atoms with Gasteiger partial charge in [0.15, 0.2) is 0 Å². The minimum Gasteiger partial charge on any atom is -0.310 e. The Morgan fingerprint density at radius 3 is 1.94 bits per heavy atom. The van der Waals surface area contributed by atoms with Gasteiger partial charge in [0.25, 0.3) is 0 Å². The van der Waals surface area contributed by atoms with E-state index in [1.54, 1.807) is 0 Å². The van der Waals surface area contributed by atoms with Gasteiger partial charge in [-0.05, 0) is 92.8 Å². The maximum absolute atomic E-state index is 14.6. The van der Waals surface area contributed by atoms with Crippen molar-refractivity contribution in [2.45, 2.75) is 121 Å². The number of alkyl halides is 3. The molecule has 32 heavy (non-hydrogen) atoms. The molecule has 0 radical (unpaired) electrons. The second-order valence-corrected chi connectivity index (χ2v) is 12.8. The molecule has 2 aliphatic heterocycles. The number of nitrogens with one attached hydrogen (secondary N) is 2. The summed E-state index contributed by atoms with van der Waals surface area (Å²) in [5.74, 6) is 3.19. The van der Waals surface area contributed by atoms with E-state index in [-0.39, 0.29) is 12.1 Å². The van der Waals surface area contributed by atoms with Crippen molar-refractivity contribution in [2.75, 3.05) is 0 Å². The van der Waals surface area contributed by atoms with Crippen LogP contribution in [-0.2, 0) is 0 Å². The minimum atomic E-state index is -4.12. The zero-order valence-electron chi connectivity index (χ0n) is 19.8. The van der Waals surface area contributed by atoms with Crippen LogP contribution in [0.5, 0.6) is 0 Å². The third-order valence-corrected chi connectivity index (χ3v) is 11.3. The van der Waals surface area contributed by atoms with Crippen LogP contribution in [0.2, 0.25) is 0 Å². The van der Waals surface area contributed by atoms with E-state index in [9.17, 15) is 13.2 Å². The van der Waals surface area contributed by atoms with Gasteiger partial charge in [0, 0.05) is 24.2 Å². The molecule has 12 unspecified atom stereocenters. The Balaban J connectivity index is 1.20. The fourth-order valence-electron chi connectivity index (χ4n) is 10.00. The van der Waals surface area contributed by atoms with Crippen LogP contribution in [0.25, 0.3) is 0 Å². The van der Waals surface area contributed by atoms with Crippen molar-refractivity contribution in [3.8, 4) is 0 Å². The standard InChI is InChI=1S/C27H43F3N2/c1-15-5-4-8-21-19(15)12-11-18-14-23(32-26(18)21)24(27(28,29)30)22-13-17-10-9-16-6-2-3-7-20(16)25(17)31-22/h15-26,31-32H,2-14H2,1H3. The van der Waals surface area contributed by atoms with Crippen molar-refractivity contribution in [2.24, 2.45) is 47.3 Å². The van der Waals surface area contributed by atoms with Crippen LogP contribution in [0.3, 0.4) is 0 Å². The lowest BCUT2D eigenvalue weighted by atomic mass is 9.61. The number of fused-ring (bicyclic) bond motifs is 6. The molecule has 12 atom stereocenters. The van der Waals surface area contributed by atoms with Crippen molar-refractivity contribution in [1.29, 1.82) is 0 Å². The first-order valence-corrected chi connectivity index (χ1v) is 14.0. The van der Waals surface area contributed by atoms with Gasteiger partial charge in [-0.2, -0.15) is 13.2 Å². The summed E-state index contributed by atoms with van der Waals surface area (Å²) >= 11 is 0. The predicted molar refractivity (Wildman–Crippen MR) is 121 cm³/mol. The molecule has 0 aromatic carbocycles. The van der Waals surface area contributed by atoms with E-state index < -0.39 is 12.1 Å². The van der Waals surface area contributed by atoms with Gasteiger partial charge in [-0.15, -0.1) is 0 Å². The van der Waals surface area contributed by atoms with Gasteiger partial charge < -0.3 is 10.6 Å². The maximum Gasteiger partial charge on any atom is 0.394 e. The lowest BCUT2D eigenvalue weighted by Crippen LogP contribution is -2.54. The van der Waals surface area contributed by atoms with E-state index in [1.807, 2.05) is 0 Å².